The number of carbonyl (C=O) groups is 1. The van der Waals surface area contributed by atoms with E-state index in [1.807, 2.05) is 19.0 Å². The zero-order valence-corrected chi connectivity index (χ0v) is 10.5. The number of aliphatic hydroxyl groups excluding tert-OH is 1. The Morgan fingerprint density at radius 2 is 2.35 bits per heavy atom. The van der Waals surface area contributed by atoms with Gasteiger partial charge < -0.3 is 24.8 Å². The number of nitrogens with one attached hydrogen (secondary N) is 1. The van der Waals surface area contributed by atoms with Crippen molar-refractivity contribution in [3.8, 4) is 0 Å². The second-order valence-electron chi connectivity index (χ2n) is 4.41. The van der Waals surface area contributed by atoms with Gasteiger partial charge in [0.15, 0.2) is 0 Å². The summed E-state index contributed by atoms with van der Waals surface area (Å²) in [6.07, 6.45) is 0.595. The van der Waals surface area contributed by atoms with Gasteiger partial charge in [-0.05, 0) is 20.5 Å². The van der Waals surface area contributed by atoms with Gasteiger partial charge in [0, 0.05) is 13.2 Å². The highest BCUT2D eigenvalue weighted by Gasteiger charge is 2.27. The number of aliphatic hydroxyl groups is 1. The maximum Gasteiger partial charge on any atom is 0.246 e. The Morgan fingerprint density at radius 3 is 3.00 bits per heavy atom. The molecular weight excluding hydrogens is 224 g/mol. The average Bonchev–Trinajstić information content (AvgIpc) is 2.30. The standard InChI is InChI=1S/C11H22N2O4/c1-13(2)4-6-17-10-8-16-5-3-9(10)12-11(15)7-14/h9-10,14H,3-8H2,1-2H3,(H,12,15)/t9-,10-/m1/s1. The van der Waals surface area contributed by atoms with Crippen LogP contribution in [0.25, 0.3) is 0 Å². The van der Waals surface area contributed by atoms with Gasteiger partial charge in [0.2, 0.25) is 5.91 Å². The lowest BCUT2D eigenvalue weighted by Gasteiger charge is -2.32. The van der Waals surface area contributed by atoms with Crippen molar-refractivity contribution in [2.75, 3.05) is 47.1 Å². The first-order valence-corrected chi connectivity index (χ1v) is 5.87. The number of carbonyl (C=O) groups excluding carboxylic acids is 1. The van der Waals surface area contributed by atoms with Crippen molar-refractivity contribution < 1.29 is 19.4 Å². The van der Waals surface area contributed by atoms with Gasteiger partial charge in [0.25, 0.3) is 0 Å². The molecule has 1 aliphatic heterocycles. The molecule has 2 N–H and O–H groups in total. The maximum atomic E-state index is 11.1. The summed E-state index contributed by atoms with van der Waals surface area (Å²) in [5.74, 6) is -0.363. The van der Waals surface area contributed by atoms with E-state index in [2.05, 4.69) is 5.32 Å². The number of ether oxygens (including phenoxy) is 2. The Morgan fingerprint density at radius 1 is 1.59 bits per heavy atom. The Labute approximate surface area is 102 Å². The lowest BCUT2D eigenvalue weighted by Crippen LogP contribution is -2.51. The molecule has 1 fully saturated rings. The molecule has 6 nitrogen and oxygen atoms in total. The van der Waals surface area contributed by atoms with Crippen molar-refractivity contribution in [2.45, 2.75) is 18.6 Å². The van der Waals surface area contributed by atoms with Crippen LogP contribution in [0.4, 0.5) is 0 Å². The fourth-order valence-electron chi connectivity index (χ4n) is 1.68. The molecule has 0 aliphatic carbocycles. The SMILES string of the molecule is CN(C)CCO[C@@H]1COCC[C@H]1NC(=O)CO. The summed E-state index contributed by atoms with van der Waals surface area (Å²) in [5.41, 5.74) is 0. The van der Waals surface area contributed by atoms with E-state index < -0.39 is 6.61 Å². The summed E-state index contributed by atoms with van der Waals surface area (Å²) in [6.45, 7) is 2.05. The molecule has 1 rings (SSSR count). The Bertz CT molecular complexity index is 236. The van der Waals surface area contributed by atoms with Crippen molar-refractivity contribution in [3.05, 3.63) is 0 Å². The molecule has 0 radical (unpaired) electrons. The highest BCUT2D eigenvalue weighted by molar-refractivity contribution is 5.77. The fraction of sp³-hybridized carbons (Fsp3) is 0.909. The van der Waals surface area contributed by atoms with Crippen LogP contribution in [0, 0.1) is 0 Å². The molecule has 0 aromatic heterocycles. The topological polar surface area (TPSA) is 71.0 Å². The van der Waals surface area contributed by atoms with Gasteiger partial charge in [-0.3, -0.25) is 4.79 Å². The molecule has 1 saturated heterocycles. The van der Waals surface area contributed by atoms with Crippen LogP contribution in [-0.4, -0.2) is 75.1 Å². The second kappa shape index (κ2) is 7.60. The summed E-state index contributed by atoms with van der Waals surface area (Å²) >= 11 is 0. The minimum atomic E-state index is -0.484. The lowest BCUT2D eigenvalue weighted by molar-refractivity contribution is -0.128. The van der Waals surface area contributed by atoms with Gasteiger partial charge in [-0.1, -0.05) is 0 Å². The Balaban J connectivity index is 2.34. The van der Waals surface area contributed by atoms with E-state index in [-0.39, 0.29) is 18.1 Å². The van der Waals surface area contributed by atoms with E-state index >= 15 is 0 Å². The molecule has 100 valence electrons. The van der Waals surface area contributed by atoms with Crippen LogP contribution in [0.1, 0.15) is 6.42 Å². The number of hydrogen-bond donors (Lipinski definition) is 2. The van der Waals surface area contributed by atoms with Crippen LogP contribution < -0.4 is 5.32 Å². The highest BCUT2D eigenvalue weighted by atomic mass is 16.5. The molecule has 0 spiro atoms. The molecule has 0 aromatic rings. The molecule has 1 amide bonds. The summed E-state index contributed by atoms with van der Waals surface area (Å²) in [5, 5.41) is 11.5. The number of nitrogens with zero attached hydrogens (tertiary/aromatic N) is 1. The first-order chi connectivity index (χ1) is 8.13. The summed E-state index contributed by atoms with van der Waals surface area (Å²) < 4.78 is 11.0. The third-order valence-corrected chi connectivity index (χ3v) is 2.66. The van der Waals surface area contributed by atoms with E-state index in [4.69, 9.17) is 14.6 Å². The van der Waals surface area contributed by atoms with Gasteiger partial charge in [0.05, 0.1) is 19.3 Å². The van der Waals surface area contributed by atoms with Crippen molar-refractivity contribution in [3.63, 3.8) is 0 Å². The van der Waals surface area contributed by atoms with E-state index in [9.17, 15) is 4.79 Å². The maximum absolute atomic E-state index is 11.1. The smallest absolute Gasteiger partial charge is 0.246 e. The molecule has 6 heteroatoms. The van der Waals surface area contributed by atoms with Crippen LogP contribution in [0.15, 0.2) is 0 Å². The van der Waals surface area contributed by atoms with Gasteiger partial charge in [-0.2, -0.15) is 0 Å². The Hall–Kier alpha value is -0.690. The highest BCUT2D eigenvalue weighted by Crippen LogP contribution is 2.11. The molecule has 1 heterocycles. The quantitative estimate of drug-likeness (QED) is 0.618. The molecule has 1 aliphatic rings. The number of amides is 1. The van der Waals surface area contributed by atoms with Crippen LogP contribution in [0.3, 0.4) is 0 Å². The predicted octanol–water partition coefficient (Wildman–Crippen LogP) is -1.17. The lowest BCUT2D eigenvalue weighted by atomic mass is 10.1. The second-order valence-corrected chi connectivity index (χ2v) is 4.41. The molecule has 2 atom stereocenters. The fourth-order valence-corrected chi connectivity index (χ4v) is 1.68. The molecular formula is C11H22N2O4. The van der Waals surface area contributed by atoms with Crippen LogP contribution in [0.2, 0.25) is 0 Å². The normalized spacial score (nSPS) is 24.9. The third kappa shape index (κ3) is 5.45. The van der Waals surface area contributed by atoms with Crippen LogP contribution in [-0.2, 0) is 14.3 Å². The van der Waals surface area contributed by atoms with Gasteiger partial charge in [0.1, 0.15) is 12.7 Å². The van der Waals surface area contributed by atoms with E-state index in [0.717, 1.165) is 13.0 Å². The monoisotopic (exact) mass is 246 g/mol. The van der Waals surface area contributed by atoms with E-state index in [1.54, 1.807) is 0 Å². The summed E-state index contributed by atoms with van der Waals surface area (Å²) in [4.78, 5) is 13.2. The predicted molar refractivity (Wildman–Crippen MR) is 62.7 cm³/mol. The number of rotatable bonds is 6. The van der Waals surface area contributed by atoms with Crippen molar-refractivity contribution >= 4 is 5.91 Å². The third-order valence-electron chi connectivity index (χ3n) is 2.66. The summed E-state index contributed by atoms with van der Waals surface area (Å²) in [6, 6.07) is -0.0643. The van der Waals surface area contributed by atoms with E-state index in [1.165, 1.54) is 0 Å². The van der Waals surface area contributed by atoms with E-state index in [0.29, 0.717) is 19.8 Å². The Kier molecular flexibility index (Phi) is 6.43. The van der Waals surface area contributed by atoms with Gasteiger partial charge >= 0.3 is 0 Å². The molecule has 0 saturated carbocycles. The number of hydrogen-bond acceptors (Lipinski definition) is 5. The molecule has 0 unspecified atom stereocenters. The van der Waals surface area contributed by atoms with Crippen molar-refractivity contribution in [1.29, 1.82) is 0 Å². The van der Waals surface area contributed by atoms with Gasteiger partial charge in [-0.15, -0.1) is 0 Å². The van der Waals surface area contributed by atoms with Crippen LogP contribution >= 0.6 is 0 Å². The molecule has 0 bridgehead atoms. The first-order valence-electron chi connectivity index (χ1n) is 5.87. The minimum absolute atomic E-state index is 0.0643. The summed E-state index contributed by atoms with van der Waals surface area (Å²) in [7, 11) is 3.96. The first kappa shape index (κ1) is 14.4. The van der Waals surface area contributed by atoms with Gasteiger partial charge in [-0.25, -0.2) is 0 Å². The largest absolute Gasteiger partial charge is 0.387 e. The number of likely N-dealkylation sites (N-methyl/N-ethyl adjacent to an activating group) is 1. The zero-order chi connectivity index (χ0) is 12.7. The van der Waals surface area contributed by atoms with Crippen LogP contribution in [0.5, 0.6) is 0 Å². The molecule has 17 heavy (non-hydrogen) atoms. The van der Waals surface area contributed by atoms with Crippen molar-refractivity contribution in [1.82, 2.24) is 10.2 Å². The average molecular weight is 246 g/mol. The zero-order valence-electron chi connectivity index (χ0n) is 10.5. The molecule has 0 aromatic carbocycles. The van der Waals surface area contributed by atoms with Crippen molar-refractivity contribution in [2.24, 2.45) is 0 Å². The minimum Gasteiger partial charge on any atom is -0.387 e.